The minimum absolute atomic E-state index is 0.0179. The molecule has 3 heterocycles. The Labute approximate surface area is 251 Å². The van der Waals surface area contributed by atoms with Gasteiger partial charge in [0.1, 0.15) is 5.58 Å². The average Bonchev–Trinajstić information content (AvgIpc) is 3.66. The van der Waals surface area contributed by atoms with Crippen LogP contribution in [0.15, 0.2) is 92.9 Å². The van der Waals surface area contributed by atoms with E-state index in [4.69, 9.17) is 39.2 Å². The Kier molecular flexibility index (Phi) is 7.33. The molecule has 6 rings (SSSR count). The molecule has 12 heteroatoms. The number of fused-ring (bicyclic) bond motifs is 1. The van der Waals surface area contributed by atoms with Gasteiger partial charge in [0.05, 0.1) is 21.7 Å². The minimum Gasteiger partial charge on any atom is -0.503 e. The summed E-state index contributed by atoms with van der Waals surface area (Å²) in [5, 5.41) is 21.6. The Morgan fingerprint density at radius 1 is 0.975 bits per heavy atom. The molecule has 1 aliphatic heterocycles. The molecule has 40 heavy (non-hydrogen) atoms. The van der Waals surface area contributed by atoms with Gasteiger partial charge in [-0.2, -0.15) is 0 Å². The molecule has 1 atom stereocenters. The van der Waals surface area contributed by atoms with E-state index in [0.717, 1.165) is 16.9 Å². The molecule has 5 aromatic rings. The normalized spacial score (nSPS) is 15.4. The predicted molar refractivity (Wildman–Crippen MR) is 158 cm³/mol. The van der Waals surface area contributed by atoms with Gasteiger partial charge >= 0.3 is 0 Å². The number of aliphatic hydroxyl groups excluding tert-OH is 1. The van der Waals surface area contributed by atoms with Crippen molar-refractivity contribution in [2.24, 2.45) is 0 Å². The van der Waals surface area contributed by atoms with Gasteiger partial charge in [-0.15, -0.1) is 10.2 Å². The van der Waals surface area contributed by atoms with Crippen LogP contribution in [0.4, 0.5) is 5.13 Å². The molecule has 0 bridgehead atoms. The van der Waals surface area contributed by atoms with Gasteiger partial charge in [0, 0.05) is 16.2 Å². The van der Waals surface area contributed by atoms with E-state index in [9.17, 15) is 14.7 Å². The molecule has 1 aliphatic rings. The molecule has 0 radical (unpaired) electrons. The summed E-state index contributed by atoms with van der Waals surface area (Å²) in [7, 11) is 0. The Bertz CT molecular complexity index is 1800. The van der Waals surface area contributed by atoms with Crippen LogP contribution < -0.4 is 4.90 Å². The third-order valence-corrected chi connectivity index (χ3v) is 9.48. The topological polar surface area (TPSA) is 96.5 Å². The molecular formula is C28H16Cl3N3O4S2. The van der Waals surface area contributed by atoms with E-state index in [-0.39, 0.29) is 21.5 Å². The van der Waals surface area contributed by atoms with Gasteiger partial charge in [0.15, 0.2) is 15.9 Å². The van der Waals surface area contributed by atoms with Gasteiger partial charge in [-0.25, -0.2) is 0 Å². The number of benzene rings is 3. The number of aromatic nitrogens is 2. The number of para-hydroxylation sites is 1. The van der Waals surface area contributed by atoms with Crippen molar-refractivity contribution in [1.82, 2.24) is 10.2 Å². The second-order valence-electron chi connectivity index (χ2n) is 8.72. The standard InChI is InChI=1S/C28H16Cl3N3O4S2/c29-17-7-3-1-6-16(17)13-39-28-33-32-27(40-28)34-23(15-9-10-18(30)19(31)11-15)22(25(36)26(34)37)24(35)21-12-14-5-2-4-8-20(14)38-21/h1-12,23,36H,13H2/t23-/m0/s1. The summed E-state index contributed by atoms with van der Waals surface area (Å²) in [5.41, 5.74) is 1.71. The quantitative estimate of drug-likeness (QED) is 0.110. The highest BCUT2D eigenvalue weighted by atomic mass is 35.5. The van der Waals surface area contributed by atoms with Crippen LogP contribution in [0.3, 0.4) is 0 Å². The number of anilines is 1. The van der Waals surface area contributed by atoms with Crippen LogP contribution in [0.1, 0.15) is 27.7 Å². The maximum atomic E-state index is 13.8. The molecule has 1 N–H and O–H groups in total. The first-order chi connectivity index (χ1) is 19.3. The van der Waals surface area contributed by atoms with Crippen molar-refractivity contribution in [1.29, 1.82) is 0 Å². The fraction of sp³-hybridized carbons (Fsp3) is 0.0714. The summed E-state index contributed by atoms with van der Waals surface area (Å²) in [5.74, 6) is -1.62. The number of hydrogen-bond acceptors (Lipinski definition) is 8. The van der Waals surface area contributed by atoms with Gasteiger partial charge in [0.2, 0.25) is 10.9 Å². The van der Waals surface area contributed by atoms with E-state index in [1.54, 1.807) is 42.5 Å². The van der Waals surface area contributed by atoms with Gasteiger partial charge in [-0.05, 0) is 41.5 Å². The molecule has 200 valence electrons. The van der Waals surface area contributed by atoms with Crippen molar-refractivity contribution >= 4 is 85.7 Å². The van der Waals surface area contributed by atoms with Crippen molar-refractivity contribution in [2.75, 3.05) is 4.90 Å². The van der Waals surface area contributed by atoms with Crippen molar-refractivity contribution in [3.05, 3.63) is 116 Å². The summed E-state index contributed by atoms with van der Waals surface area (Å²) in [4.78, 5) is 28.5. The zero-order chi connectivity index (χ0) is 28.0. The summed E-state index contributed by atoms with van der Waals surface area (Å²) in [6, 6.07) is 19.9. The highest BCUT2D eigenvalue weighted by Gasteiger charge is 2.47. The number of rotatable bonds is 7. The first kappa shape index (κ1) is 26.9. The number of hydrogen-bond donors (Lipinski definition) is 1. The monoisotopic (exact) mass is 627 g/mol. The van der Waals surface area contributed by atoms with E-state index < -0.39 is 23.5 Å². The zero-order valence-corrected chi connectivity index (χ0v) is 24.1. The van der Waals surface area contributed by atoms with Crippen LogP contribution in [0.25, 0.3) is 11.0 Å². The van der Waals surface area contributed by atoms with Crippen LogP contribution in [-0.2, 0) is 10.5 Å². The average molecular weight is 629 g/mol. The number of aliphatic hydroxyl groups is 1. The van der Waals surface area contributed by atoms with Crippen LogP contribution in [-0.4, -0.2) is 27.0 Å². The van der Waals surface area contributed by atoms with Crippen LogP contribution in [0.2, 0.25) is 15.1 Å². The number of carbonyl (C=O) groups excluding carboxylic acids is 2. The van der Waals surface area contributed by atoms with E-state index in [2.05, 4.69) is 10.2 Å². The second kappa shape index (κ2) is 10.9. The highest BCUT2D eigenvalue weighted by molar-refractivity contribution is 8.00. The van der Waals surface area contributed by atoms with Crippen molar-refractivity contribution in [3.63, 3.8) is 0 Å². The fourth-order valence-corrected chi connectivity index (χ4v) is 6.83. The van der Waals surface area contributed by atoms with Gasteiger partial charge in [0.25, 0.3) is 5.91 Å². The number of nitrogens with zero attached hydrogens (tertiary/aromatic N) is 3. The lowest BCUT2D eigenvalue weighted by Crippen LogP contribution is -2.31. The van der Waals surface area contributed by atoms with E-state index in [1.807, 2.05) is 30.3 Å². The molecule has 7 nitrogen and oxygen atoms in total. The molecule has 0 aliphatic carbocycles. The lowest BCUT2D eigenvalue weighted by Gasteiger charge is -2.24. The molecule has 0 saturated carbocycles. The zero-order valence-electron chi connectivity index (χ0n) is 20.2. The van der Waals surface area contributed by atoms with Gasteiger partial charge in [-0.3, -0.25) is 14.5 Å². The number of Topliss-reactive ketones (excluding diaryl/α,β-unsaturated/α-hetero) is 1. The number of furan rings is 1. The van der Waals surface area contributed by atoms with E-state index in [0.29, 0.717) is 36.7 Å². The van der Waals surface area contributed by atoms with Crippen LogP contribution in [0.5, 0.6) is 0 Å². The van der Waals surface area contributed by atoms with Crippen molar-refractivity contribution < 1.29 is 19.1 Å². The molecule has 1 amide bonds. The Morgan fingerprint density at radius 3 is 2.52 bits per heavy atom. The maximum Gasteiger partial charge on any atom is 0.296 e. The lowest BCUT2D eigenvalue weighted by atomic mass is 9.95. The van der Waals surface area contributed by atoms with Gasteiger partial charge in [-0.1, -0.05) is 100 Å². The maximum absolute atomic E-state index is 13.8. The summed E-state index contributed by atoms with van der Waals surface area (Å²) >= 11 is 21.3. The molecular weight excluding hydrogens is 613 g/mol. The van der Waals surface area contributed by atoms with Gasteiger partial charge < -0.3 is 9.52 Å². The molecule has 2 aromatic heterocycles. The predicted octanol–water partition coefficient (Wildman–Crippen LogP) is 8.32. The summed E-state index contributed by atoms with van der Waals surface area (Å²) in [6.45, 7) is 0. The lowest BCUT2D eigenvalue weighted by molar-refractivity contribution is -0.117. The Morgan fingerprint density at radius 2 is 1.75 bits per heavy atom. The first-order valence-corrected chi connectivity index (χ1v) is 14.7. The molecule has 0 saturated heterocycles. The number of ketones is 1. The summed E-state index contributed by atoms with van der Waals surface area (Å²) in [6.07, 6.45) is 0. The highest BCUT2D eigenvalue weighted by Crippen LogP contribution is 2.45. The largest absolute Gasteiger partial charge is 0.503 e. The number of amides is 1. The number of carbonyl (C=O) groups is 2. The molecule has 3 aromatic carbocycles. The summed E-state index contributed by atoms with van der Waals surface area (Å²) < 4.78 is 6.35. The minimum atomic E-state index is -1.06. The first-order valence-electron chi connectivity index (χ1n) is 11.8. The molecule has 0 unspecified atom stereocenters. The van der Waals surface area contributed by atoms with E-state index in [1.165, 1.54) is 16.7 Å². The number of thioether (sulfide) groups is 1. The van der Waals surface area contributed by atoms with Crippen molar-refractivity contribution in [3.8, 4) is 0 Å². The second-order valence-corrected chi connectivity index (χ2v) is 12.1. The van der Waals surface area contributed by atoms with Crippen LogP contribution >= 0.6 is 57.9 Å². The SMILES string of the molecule is O=C(C1=C(O)C(=O)N(c2nnc(SCc3ccccc3Cl)s2)[C@H]1c1ccc(Cl)c(Cl)c1)c1cc2ccccc2o1. The van der Waals surface area contributed by atoms with Crippen molar-refractivity contribution in [2.45, 2.75) is 16.1 Å². The third kappa shape index (κ3) is 4.88. The number of halogens is 3. The van der Waals surface area contributed by atoms with E-state index >= 15 is 0 Å². The Balaban J connectivity index is 1.38. The third-order valence-electron chi connectivity index (χ3n) is 6.27. The molecule has 0 fully saturated rings. The smallest absolute Gasteiger partial charge is 0.296 e. The fourth-order valence-electron chi connectivity index (χ4n) is 4.37. The van der Waals surface area contributed by atoms with Crippen LogP contribution in [0, 0.1) is 0 Å². The Hall–Kier alpha value is -3.34. The molecule has 0 spiro atoms.